The zero-order chi connectivity index (χ0) is 14.8. The second kappa shape index (κ2) is 5.54. The summed E-state index contributed by atoms with van der Waals surface area (Å²) in [5, 5.41) is 16.3. The lowest BCUT2D eigenvalue weighted by atomic mass is 10.1. The molecule has 5 heteroatoms. The summed E-state index contributed by atoms with van der Waals surface area (Å²) < 4.78 is 0. The van der Waals surface area contributed by atoms with Crippen molar-refractivity contribution in [1.82, 2.24) is 4.98 Å². The van der Waals surface area contributed by atoms with Crippen LogP contribution >= 0.6 is 11.3 Å². The Labute approximate surface area is 126 Å². The van der Waals surface area contributed by atoms with Crippen LogP contribution in [0.3, 0.4) is 0 Å². The highest BCUT2D eigenvalue weighted by atomic mass is 32.1. The minimum absolute atomic E-state index is 0.0547. The first kappa shape index (κ1) is 13.6. The number of thiophene rings is 1. The number of carboxylic acid groups (broad SMARTS) is 1. The van der Waals surface area contributed by atoms with Crippen molar-refractivity contribution in [2.24, 2.45) is 0 Å². The fraction of sp³-hybridized carbons (Fsp3) is 0.125. The second-order valence-corrected chi connectivity index (χ2v) is 5.76. The van der Waals surface area contributed by atoms with Gasteiger partial charge in [-0.1, -0.05) is 24.3 Å². The number of rotatable bonds is 4. The summed E-state index contributed by atoms with van der Waals surface area (Å²) in [5.74, 6) is -0.408. The molecule has 0 fully saturated rings. The lowest BCUT2D eigenvalue weighted by molar-refractivity contribution is 0.0691. The number of nitrogens with one attached hydrogen (secondary N) is 1. The predicted molar refractivity (Wildman–Crippen MR) is 85.1 cm³/mol. The molecule has 21 heavy (non-hydrogen) atoms. The Morgan fingerprint density at radius 2 is 2.14 bits per heavy atom. The molecule has 2 N–H and O–H groups in total. The van der Waals surface area contributed by atoms with Crippen molar-refractivity contribution in [3.63, 3.8) is 0 Å². The first-order valence-electron chi connectivity index (χ1n) is 6.55. The minimum Gasteiger partial charge on any atom is -0.477 e. The maximum atomic E-state index is 11.2. The van der Waals surface area contributed by atoms with Crippen molar-refractivity contribution in [3.8, 4) is 0 Å². The van der Waals surface area contributed by atoms with Gasteiger partial charge in [-0.2, -0.15) is 0 Å². The van der Waals surface area contributed by atoms with E-state index in [0.29, 0.717) is 12.4 Å². The number of fused-ring (bicyclic) bond motifs is 1. The van der Waals surface area contributed by atoms with Gasteiger partial charge in [0.1, 0.15) is 5.82 Å². The Hall–Kier alpha value is -2.40. The lowest BCUT2D eigenvalue weighted by Crippen LogP contribution is -2.06. The van der Waals surface area contributed by atoms with E-state index in [1.54, 1.807) is 17.4 Å². The van der Waals surface area contributed by atoms with Crippen LogP contribution in [0.25, 0.3) is 10.8 Å². The Balaban J connectivity index is 1.99. The number of aryl methyl sites for hydroxylation is 1. The zero-order valence-corrected chi connectivity index (χ0v) is 12.3. The van der Waals surface area contributed by atoms with Crippen LogP contribution in [0, 0.1) is 6.92 Å². The quantitative estimate of drug-likeness (QED) is 0.766. The average Bonchev–Trinajstić information content (AvgIpc) is 2.89. The highest BCUT2D eigenvalue weighted by Gasteiger charge is 2.11. The van der Waals surface area contributed by atoms with E-state index in [2.05, 4.69) is 23.3 Å². The van der Waals surface area contributed by atoms with E-state index in [1.807, 2.05) is 29.6 Å². The average molecular weight is 298 g/mol. The Morgan fingerprint density at radius 3 is 2.86 bits per heavy atom. The van der Waals surface area contributed by atoms with E-state index >= 15 is 0 Å². The molecular weight excluding hydrogens is 284 g/mol. The molecule has 0 aliphatic carbocycles. The molecule has 0 radical (unpaired) electrons. The van der Waals surface area contributed by atoms with Gasteiger partial charge in [-0.25, -0.2) is 9.78 Å². The van der Waals surface area contributed by atoms with Crippen molar-refractivity contribution < 1.29 is 9.90 Å². The minimum atomic E-state index is -1.02. The van der Waals surface area contributed by atoms with Gasteiger partial charge in [-0.05, 0) is 35.4 Å². The van der Waals surface area contributed by atoms with Crippen LogP contribution in [0.1, 0.15) is 20.9 Å². The van der Waals surface area contributed by atoms with Gasteiger partial charge < -0.3 is 10.4 Å². The fourth-order valence-electron chi connectivity index (χ4n) is 2.19. The van der Waals surface area contributed by atoms with E-state index in [-0.39, 0.29) is 5.69 Å². The number of aromatic nitrogens is 1. The summed E-state index contributed by atoms with van der Waals surface area (Å²) in [6.45, 7) is 2.70. The van der Waals surface area contributed by atoms with Crippen molar-refractivity contribution in [1.29, 1.82) is 0 Å². The van der Waals surface area contributed by atoms with E-state index in [9.17, 15) is 9.90 Å². The van der Waals surface area contributed by atoms with Crippen molar-refractivity contribution in [2.45, 2.75) is 13.5 Å². The molecule has 3 aromatic rings. The molecule has 106 valence electrons. The van der Waals surface area contributed by atoms with Gasteiger partial charge in [-0.15, -0.1) is 11.3 Å². The summed E-state index contributed by atoms with van der Waals surface area (Å²) in [6, 6.07) is 11.3. The highest BCUT2D eigenvalue weighted by molar-refractivity contribution is 7.10. The zero-order valence-electron chi connectivity index (χ0n) is 11.5. The third-order valence-corrected chi connectivity index (χ3v) is 4.37. The molecule has 0 atom stereocenters. The summed E-state index contributed by atoms with van der Waals surface area (Å²) in [6.07, 6.45) is 0. The van der Waals surface area contributed by atoms with Crippen LogP contribution < -0.4 is 5.32 Å². The fourth-order valence-corrected chi connectivity index (χ4v) is 3.04. The summed E-state index contributed by atoms with van der Waals surface area (Å²) in [7, 11) is 0. The maximum Gasteiger partial charge on any atom is 0.354 e. The first-order chi connectivity index (χ1) is 10.1. The first-order valence-corrected chi connectivity index (χ1v) is 7.43. The molecule has 1 aromatic carbocycles. The van der Waals surface area contributed by atoms with Gasteiger partial charge in [0.25, 0.3) is 0 Å². The Morgan fingerprint density at radius 1 is 1.33 bits per heavy atom. The summed E-state index contributed by atoms with van der Waals surface area (Å²) in [4.78, 5) is 16.6. The standard InChI is InChI=1S/C16H14N2O2S/c1-10-6-7-21-14(10)9-17-15-12-5-3-2-4-11(12)8-13(18-15)16(19)20/h2-8H,9H2,1H3,(H,17,18)(H,19,20). The summed E-state index contributed by atoms with van der Waals surface area (Å²) in [5.41, 5.74) is 1.28. The number of nitrogens with zero attached hydrogens (tertiary/aromatic N) is 1. The van der Waals surface area contributed by atoms with Gasteiger partial charge in [0.05, 0.1) is 6.54 Å². The van der Waals surface area contributed by atoms with Crippen LogP contribution in [0.5, 0.6) is 0 Å². The van der Waals surface area contributed by atoms with E-state index in [4.69, 9.17) is 0 Å². The van der Waals surface area contributed by atoms with Crippen molar-refractivity contribution in [3.05, 3.63) is 57.9 Å². The second-order valence-electron chi connectivity index (χ2n) is 4.76. The topological polar surface area (TPSA) is 62.2 Å². The molecule has 4 nitrogen and oxygen atoms in total. The van der Waals surface area contributed by atoms with E-state index in [0.717, 1.165) is 10.8 Å². The molecule has 3 rings (SSSR count). The van der Waals surface area contributed by atoms with Crippen LogP contribution in [-0.2, 0) is 6.54 Å². The van der Waals surface area contributed by atoms with E-state index < -0.39 is 5.97 Å². The SMILES string of the molecule is Cc1ccsc1CNc1nc(C(=O)O)cc2ccccc12. The molecule has 0 bridgehead atoms. The van der Waals surface area contributed by atoms with Crippen LogP contribution in [0.15, 0.2) is 41.8 Å². The molecule has 0 unspecified atom stereocenters. The predicted octanol–water partition coefficient (Wildman–Crippen LogP) is 3.92. The maximum absolute atomic E-state index is 11.2. The van der Waals surface area contributed by atoms with Gasteiger partial charge in [0, 0.05) is 10.3 Å². The Bertz CT molecular complexity index is 811. The number of carboxylic acids is 1. The molecule has 2 aromatic heterocycles. The van der Waals surface area contributed by atoms with Crippen LogP contribution in [0.4, 0.5) is 5.82 Å². The largest absolute Gasteiger partial charge is 0.477 e. The Kier molecular flexibility index (Phi) is 3.58. The van der Waals surface area contributed by atoms with Crippen molar-refractivity contribution >= 4 is 33.9 Å². The molecule has 0 saturated carbocycles. The van der Waals surface area contributed by atoms with Crippen LogP contribution in [0.2, 0.25) is 0 Å². The highest BCUT2D eigenvalue weighted by Crippen LogP contribution is 2.24. The number of benzene rings is 1. The number of pyridine rings is 1. The number of carbonyl (C=O) groups is 1. The number of hydrogen-bond donors (Lipinski definition) is 2. The monoisotopic (exact) mass is 298 g/mol. The van der Waals surface area contributed by atoms with Crippen molar-refractivity contribution in [2.75, 3.05) is 5.32 Å². The summed E-state index contributed by atoms with van der Waals surface area (Å²) >= 11 is 1.68. The number of anilines is 1. The molecule has 0 spiro atoms. The normalized spacial score (nSPS) is 10.7. The third kappa shape index (κ3) is 2.73. The van der Waals surface area contributed by atoms with Crippen LogP contribution in [-0.4, -0.2) is 16.1 Å². The molecule has 0 amide bonds. The smallest absolute Gasteiger partial charge is 0.354 e. The van der Waals surface area contributed by atoms with E-state index in [1.165, 1.54) is 10.4 Å². The van der Waals surface area contributed by atoms with Gasteiger partial charge >= 0.3 is 5.97 Å². The van der Waals surface area contributed by atoms with Gasteiger partial charge in [0.15, 0.2) is 5.69 Å². The number of aromatic carboxylic acids is 1. The lowest BCUT2D eigenvalue weighted by Gasteiger charge is -2.10. The molecule has 0 aliphatic rings. The molecule has 2 heterocycles. The van der Waals surface area contributed by atoms with Gasteiger partial charge in [-0.3, -0.25) is 0 Å². The molecule has 0 saturated heterocycles. The number of hydrogen-bond acceptors (Lipinski definition) is 4. The third-order valence-electron chi connectivity index (χ3n) is 3.34. The molecular formula is C16H14N2O2S. The molecule has 0 aliphatic heterocycles. The van der Waals surface area contributed by atoms with Gasteiger partial charge in [0.2, 0.25) is 0 Å².